The second-order valence-corrected chi connectivity index (χ2v) is 10.3. The first-order chi connectivity index (χ1) is 19.8. The van der Waals surface area contributed by atoms with Gasteiger partial charge in [-0.2, -0.15) is 10.2 Å². The van der Waals surface area contributed by atoms with Crippen molar-refractivity contribution in [2.24, 2.45) is 5.73 Å². The van der Waals surface area contributed by atoms with E-state index in [0.29, 0.717) is 40.0 Å². The maximum Gasteiger partial charge on any atom is 0.255 e. The van der Waals surface area contributed by atoms with Gasteiger partial charge in [0.05, 0.1) is 29.5 Å². The topological polar surface area (TPSA) is 120 Å². The van der Waals surface area contributed by atoms with Gasteiger partial charge in [0.15, 0.2) is 0 Å². The van der Waals surface area contributed by atoms with Gasteiger partial charge in [-0.1, -0.05) is 6.07 Å². The molecule has 0 unspecified atom stereocenters. The Bertz CT molecular complexity index is 1790. The van der Waals surface area contributed by atoms with Gasteiger partial charge in [0, 0.05) is 17.1 Å². The number of methoxy groups -OCH3 is 1. The quantitative estimate of drug-likeness (QED) is 0.265. The first-order valence-corrected chi connectivity index (χ1v) is 13.2. The number of furan rings is 1. The first kappa shape index (κ1) is 26.2. The maximum atomic E-state index is 13.5. The summed E-state index contributed by atoms with van der Waals surface area (Å²) in [4.78, 5) is 26.0. The third-order valence-electron chi connectivity index (χ3n) is 7.57. The van der Waals surface area contributed by atoms with Crippen LogP contribution in [0.25, 0.3) is 22.3 Å². The summed E-state index contributed by atoms with van der Waals surface area (Å²) in [6.07, 6.45) is 3.65. The van der Waals surface area contributed by atoms with Gasteiger partial charge in [0.25, 0.3) is 11.8 Å². The Balaban J connectivity index is 1.33. The second kappa shape index (κ2) is 10.2. The molecule has 1 aliphatic rings. The number of benzene rings is 3. The standard InChI is InChI=1S/C32H27FN4O4/c1-18-14-26(40-2)24(31(39)36-32(11-12-32)27-4-3-13-35-37-27)17-21(18)15-19-5-10-25-23(16-19)28(30(34)38)29(41-25)20-6-8-22(33)9-7-20/h3-10,13-14,16-17H,11-12,15H2,1-2H3,(H2,34,38)(H,36,39). The summed E-state index contributed by atoms with van der Waals surface area (Å²) < 4.78 is 25.0. The molecular formula is C32H27FN4O4. The van der Waals surface area contributed by atoms with Crippen molar-refractivity contribution in [3.8, 4) is 17.1 Å². The van der Waals surface area contributed by atoms with Crippen molar-refractivity contribution in [2.45, 2.75) is 31.7 Å². The van der Waals surface area contributed by atoms with Crippen LogP contribution in [0.4, 0.5) is 4.39 Å². The lowest BCUT2D eigenvalue weighted by atomic mass is 9.95. The zero-order chi connectivity index (χ0) is 28.7. The lowest BCUT2D eigenvalue weighted by Crippen LogP contribution is -2.36. The molecule has 0 bridgehead atoms. The number of primary amides is 1. The van der Waals surface area contributed by atoms with E-state index in [1.165, 1.54) is 19.2 Å². The molecule has 9 heteroatoms. The van der Waals surface area contributed by atoms with E-state index in [9.17, 15) is 14.0 Å². The van der Waals surface area contributed by atoms with Gasteiger partial charge in [-0.15, -0.1) is 0 Å². The molecule has 0 aliphatic heterocycles. The van der Waals surface area contributed by atoms with Crippen LogP contribution in [0, 0.1) is 12.7 Å². The van der Waals surface area contributed by atoms with Crippen LogP contribution in [0.2, 0.25) is 0 Å². The average molecular weight is 551 g/mol. The molecule has 8 nitrogen and oxygen atoms in total. The van der Waals surface area contributed by atoms with Crippen LogP contribution in [0.1, 0.15) is 55.9 Å². The molecule has 3 N–H and O–H groups in total. The van der Waals surface area contributed by atoms with E-state index < -0.39 is 17.3 Å². The maximum absolute atomic E-state index is 13.5. The fraction of sp³-hybridized carbons (Fsp3) is 0.188. The summed E-state index contributed by atoms with van der Waals surface area (Å²) in [6.45, 7) is 1.96. The Hall–Kier alpha value is -5.05. The number of aryl methyl sites for hydroxylation is 1. The Morgan fingerprint density at radius 2 is 1.88 bits per heavy atom. The van der Waals surface area contributed by atoms with Crippen LogP contribution in [-0.2, 0) is 12.0 Å². The number of fused-ring (bicyclic) bond motifs is 1. The molecule has 2 heterocycles. The van der Waals surface area contributed by atoms with E-state index in [1.807, 2.05) is 43.3 Å². The number of carbonyl (C=O) groups is 2. The number of hydrogen-bond acceptors (Lipinski definition) is 6. The number of nitrogens with zero attached hydrogens (tertiary/aromatic N) is 2. The highest BCUT2D eigenvalue weighted by Crippen LogP contribution is 2.45. The Morgan fingerprint density at radius 3 is 2.54 bits per heavy atom. The van der Waals surface area contributed by atoms with Crippen LogP contribution in [0.3, 0.4) is 0 Å². The van der Waals surface area contributed by atoms with Gasteiger partial charge in [0.2, 0.25) is 0 Å². The van der Waals surface area contributed by atoms with Gasteiger partial charge >= 0.3 is 0 Å². The molecule has 1 aliphatic carbocycles. The number of nitrogens with one attached hydrogen (secondary N) is 1. The van der Waals surface area contributed by atoms with Crippen molar-refractivity contribution in [3.05, 3.63) is 112 Å². The van der Waals surface area contributed by atoms with Crippen LogP contribution >= 0.6 is 0 Å². The van der Waals surface area contributed by atoms with Crippen LogP contribution in [0.15, 0.2) is 77.3 Å². The monoisotopic (exact) mass is 550 g/mol. The lowest BCUT2D eigenvalue weighted by molar-refractivity contribution is 0.0925. The summed E-state index contributed by atoms with van der Waals surface area (Å²) >= 11 is 0. The number of ether oxygens (including phenoxy) is 1. The summed E-state index contributed by atoms with van der Waals surface area (Å²) in [5, 5.41) is 11.9. The molecule has 0 atom stereocenters. The summed E-state index contributed by atoms with van der Waals surface area (Å²) in [5.74, 6) is -0.518. The fourth-order valence-electron chi connectivity index (χ4n) is 5.20. The van der Waals surface area contributed by atoms with Crippen molar-refractivity contribution >= 4 is 22.8 Å². The van der Waals surface area contributed by atoms with Crippen molar-refractivity contribution in [2.75, 3.05) is 7.11 Å². The summed E-state index contributed by atoms with van der Waals surface area (Å²) in [7, 11) is 1.54. The van der Waals surface area contributed by atoms with Gasteiger partial charge in [-0.25, -0.2) is 4.39 Å². The third kappa shape index (κ3) is 4.91. The number of halogens is 1. The molecule has 1 saturated carbocycles. The molecule has 6 rings (SSSR count). The fourth-order valence-corrected chi connectivity index (χ4v) is 5.20. The molecule has 0 spiro atoms. The predicted octanol–water partition coefficient (Wildman–Crippen LogP) is 5.45. The molecule has 0 saturated heterocycles. The highest BCUT2D eigenvalue weighted by atomic mass is 19.1. The molecular weight excluding hydrogens is 523 g/mol. The third-order valence-corrected chi connectivity index (χ3v) is 7.57. The van der Waals surface area contributed by atoms with Crippen molar-refractivity contribution in [1.82, 2.24) is 15.5 Å². The number of hydrogen-bond donors (Lipinski definition) is 2. The molecule has 206 valence electrons. The number of carbonyl (C=O) groups excluding carboxylic acids is 2. The highest BCUT2D eigenvalue weighted by Gasteiger charge is 2.47. The Morgan fingerprint density at radius 1 is 1.10 bits per heavy atom. The Labute approximate surface area is 235 Å². The van der Waals surface area contributed by atoms with E-state index in [4.69, 9.17) is 14.9 Å². The van der Waals surface area contributed by atoms with Crippen LogP contribution < -0.4 is 15.8 Å². The van der Waals surface area contributed by atoms with Crippen LogP contribution in [0.5, 0.6) is 5.75 Å². The minimum Gasteiger partial charge on any atom is -0.496 e. The average Bonchev–Trinajstić information content (AvgIpc) is 3.65. The van der Waals surface area contributed by atoms with Crippen molar-refractivity contribution in [3.63, 3.8) is 0 Å². The predicted molar refractivity (Wildman–Crippen MR) is 151 cm³/mol. The zero-order valence-corrected chi connectivity index (χ0v) is 22.5. The number of amides is 2. The molecule has 2 amide bonds. The molecule has 5 aromatic rings. The molecule has 0 radical (unpaired) electrons. The van der Waals surface area contributed by atoms with Crippen molar-refractivity contribution in [1.29, 1.82) is 0 Å². The van der Waals surface area contributed by atoms with Gasteiger partial charge in [0.1, 0.15) is 22.9 Å². The second-order valence-electron chi connectivity index (χ2n) is 10.3. The summed E-state index contributed by atoms with van der Waals surface area (Å²) in [5.41, 5.74) is 10.4. The Kier molecular flexibility index (Phi) is 6.49. The van der Waals surface area contributed by atoms with Gasteiger partial charge in [-0.3, -0.25) is 9.59 Å². The first-order valence-electron chi connectivity index (χ1n) is 13.2. The smallest absolute Gasteiger partial charge is 0.255 e. The number of aromatic nitrogens is 2. The molecule has 41 heavy (non-hydrogen) atoms. The van der Waals surface area contributed by atoms with Crippen molar-refractivity contribution < 1.29 is 23.1 Å². The zero-order valence-electron chi connectivity index (χ0n) is 22.5. The molecule has 1 fully saturated rings. The largest absolute Gasteiger partial charge is 0.496 e. The van der Waals surface area contributed by atoms with E-state index in [2.05, 4.69) is 15.5 Å². The molecule has 3 aromatic carbocycles. The minimum atomic E-state index is -0.642. The van der Waals surface area contributed by atoms with E-state index in [0.717, 1.165) is 35.2 Å². The normalized spacial score (nSPS) is 13.6. The number of nitrogens with two attached hydrogens (primary N) is 1. The minimum absolute atomic E-state index is 0.235. The van der Waals surface area contributed by atoms with Crippen LogP contribution in [-0.4, -0.2) is 29.1 Å². The highest BCUT2D eigenvalue weighted by molar-refractivity contribution is 6.10. The van der Waals surface area contributed by atoms with E-state index in [-0.39, 0.29) is 11.5 Å². The lowest BCUT2D eigenvalue weighted by Gasteiger charge is -2.19. The van der Waals surface area contributed by atoms with Gasteiger partial charge in [-0.05, 0) is 104 Å². The van der Waals surface area contributed by atoms with E-state index in [1.54, 1.807) is 24.4 Å². The summed E-state index contributed by atoms with van der Waals surface area (Å²) in [6, 6.07) is 18.6. The number of rotatable bonds is 8. The van der Waals surface area contributed by atoms with E-state index >= 15 is 0 Å². The SMILES string of the molecule is COc1cc(C)c(Cc2ccc3oc(-c4ccc(F)cc4)c(C(N)=O)c3c2)cc1C(=O)NC1(c2cccnn2)CC1. The van der Waals surface area contributed by atoms with Gasteiger partial charge < -0.3 is 20.2 Å². The molecule has 2 aromatic heterocycles.